The first kappa shape index (κ1) is 14.0. The van der Waals surface area contributed by atoms with Crippen LogP contribution in [0.1, 0.15) is 5.56 Å². The molecule has 0 bridgehead atoms. The number of thiophene rings is 1. The molecule has 0 spiro atoms. The Morgan fingerprint density at radius 2 is 2.19 bits per heavy atom. The van der Waals surface area contributed by atoms with E-state index < -0.39 is 0 Å². The molecule has 0 saturated heterocycles. The Hall–Kier alpha value is -1.98. The summed E-state index contributed by atoms with van der Waals surface area (Å²) in [5.74, 6) is 1.66. The van der Waals surface area contributed by atoms with Crippen LogP contribution in [0.5, 0.6) is 5.75 Å². The van der Waals surface area contributed by atoms with Gasteiger partial charge in [0.05, 0.1) is 22.6 Å². The number of nitrogens with zero attached hydrogens (tertiary/aromatic N) is 1. The molecule has 2 heterocycles. The number of aromatic nitrogens is 1. The summed E-state index contributed by atoms with van der Waals surface area (Å²) >= 11 is 7.84. The predicted molar refractivity (Wildman–Crippen MR) is 86.0 cm³/mol. The van der Waals surface area contributed by atoms with Gasteiger partial charge in [0.15, 0.2) is 11.6 Å². The van der Waals surface area contributed by atoms with Crippen LogP contribution in [0.4, 0.5) is 5.82 Å². The quantitative estimate of drug-likeness (QED) is 0.764. The lowest BCUT2D eigenvalue weighted by Crippen LogP contribution is -1.89. The lowest BCUT2D eigenvalue weighted by molar-refractivity contribution is 0.415. The second kappa shape index (κ2) is 5.42. The molecule has 0 aliphatic rings. The first-order valence-electron chi connectivity index (χ1n) is 6.25. The zero-order valence-corrected chi connectivity index (χ0v) is 13.1. The summed E-state index contributed by atoms with van der Waals surface area (Å²) in [5, 5.41) is 6.53. The van der Waals surface area contributed by atoms with E-state index in [0.717, 1.165) is 27.3 Å². The number of nitrogen functional groups attached to an aromatic ring is 1. The average Bonchev–Trinajstić information content (AvgIpc) is 3.03. The van der Waals surface area contributed by atoms with Gasteiger partial charge >= 0.3 is 0 Å². The normalized spacial score (nSPS) is 10.8. The zero-order valence-electron chi connectivity index (χ0n) is 11.5. The van der Waals surface area contributed by atoms with Gasteiger partial charge in [-0.25, -0.2) is 0 Å². The molecule has 4 nitrogen and oxygen atoms in total. The summed E-state index contributed by atoms with van der Waals surface area (Å²) in [5.41, 5.74) is 8.59. The Kier molecular flexibility index (Phi) is 3.61. The van der Waals surface area contributed by atoms with Crippen LogP contribution in [0, 0.1) is 6.92 Å². The van der Waals surface area contributed by atoms with Gasteiger partial charge in [0.1, 0.15) is 5.75 Å². The lowest BCUT2D eigenvalue weighted by atomic mass is 10.0. The maximum atomic E-state index is 6.33. The van der Waals surface area contributed by atoms with Crippen molar-refractivity contribution in [1.29, 1.82) is 0 Å². The van der Waals surface area contributed by atoms with Gasteiger partial charge in [0.2, 0.25) is 0 Å². The fraction of sp³-hybridized carbons (Fsp3) is 0.133. The smallest absolute Gasteiger partial charge is 0.188 e. The summed E-state index contributed by atoms with van der Waals surface area (Å²) in [7, 11) is 1.62. The molecule has 0 amide bonds. The second-order valence-electron chi connectivity index (χ2n) is 4.57. The van der Waals surface area contributed by atoms with E-state index in [1.54, 1.807) is 7.11 Å². The van der Waals surface area contributed by atoms with E-state index in [1.165, 1.54) is 11.3 Å². The maximum absolute atomic E-state index is 6.33. The van der Waals surface area contributed by atoms with Crippen LogP contribution in [0.2, 0.25) is 5.02 Å². The van der Waals surface area contributed by atoms with Crippen molar-refractivity contribution in [3.63, 3.8) is 0 Å². The Morgan fingerprint density at radius 1 is 1.38 bits per heavy atom. The molecule has 2 N–H and O–H groups in total. The van der Waals surface area contributed by atoms with E-state index in [-0.39, 0.29) is 0 Å². The van der Waals surface area contributed by atoms with Crippen molar-refractivity contribution in [1.82, 2.24) is 5.16 Å². The van der Waals surface area contributed by atoms with Crippen molar-refractivity contribution in [3.05, 3.63) is 40.2 Å². The number of methoxy groups -OCH3 is 1. The van der Waals surface area contributed by atoms with Crippen LogP contribution in [-0.2, 0) is 0 Å². The molecule has 21 heavy (non-hydrogen) atoms. The Balaban J connectivity index is 2.19. The molecule has 1 aromatic carbocycles. The van der Waals surface area contributed by atoms with Gasteiger partial charge in [0.25, 0.3) is 0 Å². The molecule has 0 atom stereocenters. The minimum absolute atomic E-state index is 0.334. The number of rotatable bonds is 3. The number of hydrogen-bond acceptors (Lipinski definition) is 5. The van der Waals surface area contributed by atoms with Gasteiger partial charge in [-0.1, -0.05) is 28.9 Å². The van der Waals surface area contributed by atoms with E-state index in [4.69, 9.17) is 26.6 Å². The van der Waals surface area contributed by atoms with Crippen LogP contribution in [0.15, 0.2) is 34.2 Å². The van der Waals surface area contributed by atoms with Crippen LogP contribution in [-0.4, -0.2) is 12.3 Å². The van der Waals surface area contributed by atoms with Crippen molar-refractivity contribution in [2.75, 3.05) is 12.8 Å². The molecule has 0 saturated carbocycles. The topological polar surface area (TPSA) is 61.3 Å². The molecule has 2 aromatic heterocycles. The maximum Gasteiger partial charge on any atom is 0.188 e. The summed E-state index contributed by atoms with van der Waals surface area (Å²) in [6, 6.07) is 7.59. The third-order valence-electron chi connectivity index (χ3n) is 3.18. The summed E-state index contributed by atoms with van der Waals surface area (Å²) in [6.45, 7) is 1.95. The number of halogens is 1. The number of hydrogen-bond donors (Lipinski definition) is 1. The van der Waals surface area contributed by atoms with E-state index in [0.29, 0.717) is 16.6 Å². The fourth-order valence-corrected chi connectivity index (χ4v) is 3.36. The summed E-state index contributed by atoms with van der Waals surface area (Å²) in [6.07, 6.45) is 0. The highest BCUT2D eigenvalue weighted by molar-refractivity contribution is 7.14. The highest BCUT2D eigenvalue weighted by atomic mass is 35.5. The number of nitrogens with two attached hydrogens (primary N) is 1. The average molecular weight is 321 g/mol. The van der Waals surface area contributed by atoms with Gasteiger partial charge in [-0.2, -0.15) is 0 Å². The molecule has 3 aromatic rings. The molecule has 0 aliphatic carbocycles. The standard InChI is InChI=1S/C15H13ClN2O2S/c1-8-7-21-14(12(8)16)13-11(15(17)18-20-13)9-4-3-5-10(6-9)19-2/h3-7H,1-2H3,(H2,17,18). The fourth-order valence-electron chi connectivity index (χ4n) is 2.10. The number of benzene rings is 1. The van der Waals surface area contributed by atoms with Crippen molar-refractivity contribution in [3.8, 4) is 27.5 Å². The van der Waals surface area contributed by atoms with E-state index in [9.17, 15) is 0 Å². The Labute approximate surface area is 131 Å². The molecule has 0 unspecified atom stereocenters. The molecule has 0 aliphatic heterocycles. The van der Waals surface area contributed by atoms with Gasteiger partial charge in [-0.15, -0.1) is 11.3 Å². The highest BCUT2D eigenvalue weighted by Gasteiger charge is 2.22. The van der Waals surface area contributed by atoms with Crippen molar-refractivity contribution in [2.45, 2.75) is 6.92 Å². The van der Waals surface area contributed by atoms with E-state index in [1.807, 2.05) is 36.6 Å². The highest BCUT2D eigenvalue weighted by Crippen LogP contribution is 2.44. The summed E-state index contributed by atoms with van der Waals surface area (Å²) in [4.78, 5) is 0.830. The van der Waals surface area contributed by atoms with Gasteiger partial charge in [-0.3, -0.25) is 0 Å². The molecule has 6 heteroatoms. The second-order valence-corrected chi connectivity index (χ2v) is 5.82. The molecular weight excluding hydrogens is 308 g/mol. The summed E-state index contributed by atoms with van der Waals surface area (Å²) < 4.78 is 10.7. The largest absolute Gasteiger partial charge is 0.497 e. The Morgan fingerprint density at radius 3 is 2.86 bits per heavy atom. The van der Waals surface area contributed by atoms with Crippen molar-refractivity contribution >= 4 is 28.8 Å². The van der Waals surface area contributed by atoms with Crippen LogP contribution < -0.4 is 10.5 Å². The van der Waals surface area contributed by atoms with Crippen molar-refractivity contribution in [2.24, 2.45) is 0 Å². The SMILES string of the molecule is COc1cccc(-c2c(N)noc2-c2scc(C)c2Cl)c1. The predicted octanol–water partition coefficient (Wildman–Crippen LogP) is 4.62. The molecule has 3 rings (SSSR count). The molecule has 0 radical (unpaired) electrons. The number of aryl methyl sites for hydroxylation is 1. The number of anilines is 1. The van der Waals surface area contributed by atoms with Crippen LogP contribution in [0.25, 0.3) is 21.8 Å². The van der Waals surface area contributed by atoms with Gasteiger partial charge in [0, 0.05) is 0 Å². The number of ether oxygens (including phenoxy) is 1. The first-order chi connectivity index (χ1) is 10.1. The van der Waals surface area contributed by atoms with Crippen LogP contribution in [0.3, 0.4) is 0 Å². The first-order valence-corrected chi connectivity index (χ1v) is 7.51. The zero-order chi connectivity index (χ0) is 15.0. The van der Waals surface area contributed by atoms with Gasteiger partial charge in [-0.05, 0) is 35.6 Å². The van der Waals surface area contributed by atoms with Crippen LogP contribution >= 0.6 is 22.9 Å². The third-order valence-corrected chi connectivity index (χ3v) is 4.88. The molecule has 108 valence electrons. The van der Waals surface area contributed by atoms with E-state index in [2.05, 4.69) is 5.16 Å². The third kappa shape index (κ3) is 2.39. The van der Waals surface area contributed by atoms with Crippen molar-refractivity contribution < 1.29 is 9.26 Å². The molecule has 0 fully saturated rings. The van der Waals surface area contributed by atoms with Gasteiger partial charge < -0.3 is 15.0 Å². The molecular formula is C15H13ClN2O2S. The van der Waals surface area contributed by atoms with E-state index >= 15 is 0 Å². The minimum atomic E-state index is 0.334. The minimum Gasteiger partial charge on any atom is -0.497 e. The monoisotopic (exact) mass is 320 g/mol. The Bertz CT molecular complexity index is 795. The lowest BCUT2D eigenvalue weighted by Gasteiger charge is -2.05.